The minimum absolute atomic E-state index is 0.476. The van der Waals surface area contributed by atoms with E-state index in [9.17, 15) is 5.26 Å². The summed E-state index contributed by atoms with van der Waals surface area (Å²) < 4.78 is 5.20. The summed E-state index contributed by atoms with van der Waals surface area (Å²) in [5.74, 6) is 2.16. The summed E-state index contributed by atoms with van der Waals surface area (Å²) in [6.45, 7) is 1.83. The highest BCUT2D eigenvalue weighted by Gasteiger charge is 2.26. The Hall–Kier alpha value is -2.54. The fourth-order valence-corrected chi connectivity index (χ4v) is 2.84. The molecule has 4 nitrogen and oxygen atoms in total. The number of hydrogen-bond donors (Lipinski definition) is 0. The monoisotopic (exact) mass is 279 g/mol. The summed E-state index contributed by atoms with van der Waals surface area (Å²) in [5, 5.41) is 9.19. The lowest BCUT2D eigenvalue weighted by molar-refractivity contribution is 0.414. The summed E-state index contributed by atoms with van der Waals surface area (Å²) in [6.07, 6.45) is 2.82. The largest absolute Gasteiger partial charge is 0.497 e. The van der Waals surface area contributed by atoms with Gasteiger partial charge in [0.25, 0.3) is 0 Å². The Labute approximate surface area is 124 Å². The van der Waals surface area contributed by atoms with Crippen molar-refractivity contribution in [1.82, 2.24) is 4.98 Å². The van der Waals surface area contributed by atoms with Gasteiger partial charge in [-0.25, -0.2) is 4.98 Å². The van der Waals surface area contributed by atoms with Crippen molar-refractivity contribution >= 4 is 5.82 Å². The van der Waals surface area contributed by atoms with E-state index < -0.39 is 0 Å². The molecule has 0 spiro atoms. The second kappa shape index (κ2) is 5.84. The quantitative estimate of drug-likeness (QED) is 0.866. The highest BCUT2D eigenvalue weighted by molar-refractivity contribution is 5.54. The van der Waals surface area contributed by atoms with Gasteiger partial charge in [0.1, 0.15) is 17.6 Å². The van der Waals surface area contributed by atoms with Gasteiger partial charge >= 0.3 is 0 Å². The number of nitrogens with zero attached hydrogens (tertiary/aromatic N) is 3. The summed E-state index contributed by atoms with van der Waals surface area (Å²) in [7, 11) is 1.68. The average Bonchev–Trinajstić information content (AvgIpc) is 3.04. The highest BCUT2D eigenvalue weighted by atomic mass is 16.5. The fourth-order valence-electron chi connectivity index (χ4n) is 2.84. The lowest BCUT2D eigenvalue weighted by Gasteiger charge is -2.18. The van der Waals surface area contributed by atoms with Gasteiger partial charge < -0.3 is 9.64 Å². The van der Waals surface area contributed by atoms with Crippen LogP contribution in [0, 0.1) is 11.3 Å². The molecule has 1 aromatic heterocycles. The number of benzene rings is 1. The molecule has 1 saturated heterocycles. The SMILES string of the molecule is COc1ccc([C@@H]2CCN(c3ncccc3C#N)C2)cc1. The van der Waals surface area contributed by atoms with Gasteiger partial charge in [-0.2, -0.15) is 5.26 Å². The van der Waals surface area contributed by atoms with E-state index in [1.807, 2.05) is 18.2 Å². The standard InChI is InChI=1S/C17H17N3O/c1-21-16-6-4-13(5-7-16)15-8-10-20(12-15)17-14(11-18)3-2-9-19-17/h2-7,9,15H,8,10,12H2,1H3/t15-/m1/s1. The van der Waals surface area contributed by atoms with Crippen molar-refractivity contribution in [2.75, 3.05) is 25.1 Å². The minimum atomic E-state index is 0.476. The Balaban J connectivity index is 1.77. The van der Waals surface area contributed by atoms with Crippen LogP contribution in [0.1, 0.15) is 23.5 Å². The topological polar surface area (TPSA) is 49.1 Å². The predicted molar refractivity (Wildman–Crippen MR) is 81.5 cm³/mol. The van der Waals surface area contributed by atoms with Gasteiger partial charge in [0, 0.05) is 25.2 Å². The smallest absolute Gasteiger partial charge is 0.146 e. The van der Waals surface area contributed by atoms with Crippen LogP contribution in [0.2, 0.25) is 0 Å². The van der Waals surface area contributed by atoms with Crippen LogP contribution < -0.4 is 9.64 Å². The van der Waals surface area contributed by atoms with E-state index in [1.54, 1.807) is 19.4 Å². The number of rotatable bonds is 3. The van der Waals surface area contributed by atoms with Crippen LogP contribution in [0.3, 0.4) is 0 Å². The molecule has 1 aromatic carbocycles. The van der Waals surface area contributed by atoms with E-state index in [2.05, 4.69) is 28.1 Å². The summed E-state index contributed by atoms with van der Waals surface area (Å²) in [5.41, 5.74) is 1.96. The molecule has 0 aliphatic carbocycles. The third kappa shape index (κ3) is 2.68. The maximum Gasteiger partial charge on any atom is 0.146 e. The van der Waals surface area contributed by atoms with Gasteiger partial charge in [-0.1, -0.05) is 12.1 Å². The first kappa shape index (κ1) is 13.4. The fraction of sp³-hybridized carbons (Fsp3) is 0.294. The second-order valence-corrected chi connectivity index (χ2v) is 5.19. The van der Waals surface area contributed by atoms with Crippen molar-refractivity contribution in [1.29, 1.82) is 5.26 Å². The number of aromatic nitrogens is 1. The van der Waals surface area contributed by atoms with Crippen molar-refractivity contribution in [3.8, 4) is 11.8 Å². The molecule has 0 amide bonds. The van der Waals surface area contributed by atoms with Crippen molar-refractivity contribution in [2.45, 2.75) is 12.3 Å². The lowest BCUT2D eigenvalue weighted by atomic mass is 9.98. The first-order valence-electron chi connectivity index (χ1n) is 7.06. The molecule has 0 radical (unpaired) electrons. The third-order valence-corrected chi connectivity index (χ3v) is 3.98. The molecule has 106 valence electrons. The Morgan fingerprint density at radius 2 is 2.10 bits per heavy atom. The average molecular weight is 279 g/mol. The Morgan fingerprint density at radius 3 is 2.81 bits per heavy atom. The summed E-state index contributed by atoms with van der Waals surface area (Å²) in [4.78, 5) is 6.57. The molecule has 3 rings (SSSR count). The van der Waals surface area contributed by atoms with Crippen LogP contribution in [-0.4, -0.2) is 25.2 Å². The van der Waals surface area contributed by atoms with Gasteiger partial charge in [-0.05, 0) is 36.2 Å². The molecule has 1 aliphatic heterocycles. The predicted octanol–water partition coefficient (Wildman–Crippen LogP) is 2.96. The normalized spacial score (nSPS) is 17.5. The Morgan fingerprint density at radius 1 is 1.29 bits per heavy atom. The number of hydrogen-bond acceptors (Lipinski definition) is 4. The summed E-state index contributed by atoms with van der Waals surface area (Å²) in [6, 6.07) is 14.1. The van der Waals surface area contributed by atoms with E-state index in [0.29, 0.717) is 11.5 Å². The lowest BCUT2D eigenvalue weighted by Crippen LogP contribution is -2.21. The molecule has 0 saturated carbocycles. The molecule has 2 aromatic rings. The molecule has 2 heterocycles. The summed E-state index contributed by atoms with van der Waals surface area (Å²) >= 11 is 0. The molecule has 4 heteroatoms. The Kier molecular flexibility index (Phi) is 3.74. The first-order chi connectivity index (χ1) is 10.3. The van der Waals surface area contributed by atoms with E-state index in [-0.39, 0.29) is 0 Å². The molecule has 1 atom stereocenters. The molecule has 0 unspecified atom stereocenters. The second-order valence-electron chi connectivity index (χ2n) is 5.19. The van der Waals surface area contributed by atoms with Crippen molar-refractivity contribution in [3.05, 3.63) is 53.7 Å². The first-order valence-corrected chi connectivity index (χ1v) is 7.06. The molecular formula is C17H17N3O. The molecule has 1 aliphatic rings. The van der Waals surface area contributed by atoms with E-state index in [0.717, 1.165) is 31.1 Å². The van der Waals surface area contributed by atoms with Crippen LogP contribution in [0.4, 0.5) is 5.82 Å². The molecule has 1 fully saturated rings. The maximum absolute atomic E-state index is 9.19. The minimum Gasteiger partial charge on any atom is -0.497 e. The van der Waals surface area contributed by atoms with Crippen LogP contribution in [0.15, 0.2) is 42.6 Å². The van der Waals surface area contributed by atoms with Crippen molar-refractivity contribution in [3.63, 3.8) is 0 Å². The maximum atomic E-state index is 9.19. The number of nitriles is 1. The molecule has 0 bridgehead atoms. The molecular weight excluding hydrogens is 262 g/mol. The molecule has 21 heavy (non-hydrogen) atoms. The number of anilines is 1. The Bertz CT molecular complexity index is 660. The van der Waals surface area contributed by atoms with Gasteiger partial charge in [0.2, 0.25) is 0 Å². The zero-order valence-electron chi connectivity index (χ0n) is 12.0. The zero-order chi connectivity index (χ0) is 14.7. The highest BCUT2D eigenvalue weighted by Crippen LogP contribution is 2.31. The van der Waals surface area contributed by atoms with E-state index in [1.165, 1.54) is 5.56 Å². The van der Waals surface area contributed by atoms with Crippen molar-refractivity contribution in [2.24, 2.45) is 0 Å². The van der Waals surface area contributed by atoms with Gasteiger partial charge in [-0.3, -0.25) is 0 Å². The van der Waals surface area contributed by atoms with Crippen LogP contribution in [-0.2, 0) is 0 Å². The third-order valence-electron chi connectivity index (χ3n) is 3.98. The van der Waals surface area contributed by atoms with E-state index in [4.69, 9.17) is 4.74 Å². The van der Waals surface area contributed by atoms with Crippen LogP contribution in [0.25, 0.3) is 0 Å². The van der Waals surface area contributed by atoms with Gasteiger partial charge in [0.05, 0.1) is 12.7 Å². The van der Waals surface area contributed by atoms with Gasteiger partial charge in [0.15, 0.2) is 0 Å². The van der Waals surface area contributed by atoms with Crippen LogP contribution in [0.5, 0.6) is 5.75 Å². The van der Waals surface area contributed by atoms with Crippen molar-refractivity contribution < 1.29 is 4.74 Å². The van der Waals surface area contributed by atoms with Gasteiger partial charge in [-0.15, -0.1) is 0 Å². The molecule has 0 N–H and O–H groups in total. The number of ether oxygens (including phenoxy) is 1. The van der Waals surface area contributed by atoms with E-state index >= 15 is 0 Å². The van der Waals surface area contributed by atoms with Crippen LogP contribution >= 0.6 is 0 Å². The number of methoxy groups -OCH3 is 1. The zero-order valence-corrected chi connectivity index (χ0v) is 12.0. The number of pyridine rings is 1.